The minimum atomic E-state index is 0.487. The molecule has 17 heavy (non-hydrogen) atoms. The summed E-state index contributed by atoms with van der Waals surface area (Å²) in [5.41, 5.74) is 2.38. The molecule has 1 aliphatic heterocycles. The molecule has 0 fully saturated rings. The Morgan fingerprint density at radius 1 is 1.06 bits per heavy atom. The van der Waals surface area contributed by atoms with Crippen molar-refractivity contribution in [2.24, 2.45) is 0 Å². The fraction of sp³-hybridized carbons (Fsp3) is 0.0714. The van der Waals surface area contributed by atoms with E-state index in [2.05, 4.69) is 18.2 Å². The van der Waals surface area contributed by atoms with Gasteiger partial charge in [-0.1, -0.05) is 36.0 Å². The first-order chi connectivity index (χ1) is 8.38. The van der Waals surface area contributed by atoms with Gasteiger partial charge >= 0.3 is 0 Å². The topological polar surface area (TPSA) is 26.3 Å². The number of hydrogen-bond donors (Lipinski definition) is 0. The van der Waals surface area contributed by atoms with Gasteiger partial charge in [0.2, 0.25) is 0 Å². The molecule has 0 aliphatic carbocycles. The minimum absolute atomic E-state index is 0.487. The molecule has 84 valence electrons. The molecule has 0 spiro atoms. The SMILES string of the molecule is O=COc1cccc2c1Cc1ccccc1S2. The molecule has 3 rings (SSSR count). The number of benzene rings is 2. The first-order valence-electron chi connectivity index (χ1n) is 5.36. The molecule has 1 heterocycles. The van der Waals surface area contributed by atoms with Crippen LogP contribution >= 0.6 is 11.8 Å². The maximum atomic E-state index is 10.5. The molecule has 0 saturated heterocycles. The van der Waals surface area contributed by atoms with Crippen molar-refractivity contribution in [1.29, 1.82) is 0 Å². The summed E-state index contributed by atoms with van der Waals surface area (Å²) in [7, 11) is 0. The molecule has 2 nitrogen and oxygen atoms in total. The Kier molecular flexibility index (Phi) is 2.61. The van der Waals surface area contributed by atoms with Gasteiger partial charge in [0.05, 0.1) is 0 Å². The van der Waals surface area contributed by atoms with E-state index < -0.39 is 0 Å². The fourth-order valence-electron chi connectivity index (χ4n) is 2.04. The van der Waals surface area contributed by atoms with Crippen LogP contribution < -0.4 is 4.74 Å². The van der Waals surface area contributed by atoms with Crippen molar-refractivity contribution in [3.8, 4) is 5.75 Å². The smallest absolute Gasteiger partial charge is 0.298 e. The van der Waals surface area contributed by atoms with E-state index in [9.17, 15) is 4.79 Å². The summed E-state index contributed by atoms with van der Waals surface area (Å²) >= 11 is 1.73. The molecule has 3 heteroatoms. The lowest BCUT2D eigenvalue weighted by Crippen LogP contribution is -2.02. The van der Waals surface area contributed by atoms with Crippen molar-refractivity contribution in [2.45, 2.75) is 16.2 Å². The molecule has 2 aromatic rings. The molecule has 1 aliphatic rings. The van der Waals surface area contributed by atoms with Gasteiger partial charge in [-0.05, 0) is 23.8 Å². The number of carbonyl (C=O) groups excluding carboxylic acids is 1. The second-order valence-corrected chi connectivity index (χ2v) is 4.92. The highest BCUT2D eigenvalue weighted by Crippen LogP contribution is 2.42. The van der Waals surface area contributed by atoms with E-state index in [-0.39, 0.29) is 0 Å². The zero-order valence-electron chi connectivity index (χ0n) is 9.05. The number of rotatable bonds is 2. The summed E-state index contributed by atoms with van der Waals surface area (Å²) in [6, 6.07) is 14.1. The largest absolute Gasteiger partial charge is 0.428 e. The average Bonchev–Trinajstić information content (AvgIpc) is 2.37. The van der Waals surface area contributed by atoms with E-state index in [4.69, 9.17) is 4.74 Å². The molecule has 0 saturated carbocycles. The zero-order chi connectivity index (χ0) is 11.7. The van der Waals surface area contributed by atoms with Crippen molar-refractivity contribution in [2.75, 3.05) is 0 Å². The van der Waals surface area contributed by atoms with Crippen LogP contribution in [0, 0.1) is 0 Å². The maximum Gasteiger partial charge on any atom is 0.298 e. The second kappa shape index (κ2) is 4.26. The molecular formula is C14H10O2S. The summed E-state index contributed by atoms with van der Waals surface area (Å²) in [6.07, 6.45) is 0.822. The summed E-state index contributed by atoms with van der Waals surface area (Å²) in [5.74, 6) is 0.666. The third kappa shape index (κ3) is 1.83. The highest BCUT2D eigenvalue weighted by molar-refractivity contribution is 7.99. The van der Waals surface area contributed by atoms with Gasteiger partial charge in [0.25, 0.3) is 6.47 Å². The molecule has 0 radical (unpaired) electrons. The van der Waals surface area contributed by atoms with Gasteiger partial charge in [-0.2, -0.15) is 0 Å². The van der Waals surface area contributed by atoms with Gasteiger partial charge in [-0.25, -0.2) is 0 Å². The lowest BCUT2D eigenvalue weighted by atomic mass is 10.0. The Morgan fingerprint density at radius 2 is 1.88 bits per heavy atom. The van der Waals surface area contributed by atoms with Gasteiger partial charge in [-0.15, -0.1) is 0 Å². The minimum Gasteiger partial charge on any atom is -0.428 e. The summed E-state index contributed by atoms with van der Waals surface area (Å²) < 4.78 is 5.03. The highest BCUT2D eigenvalue weighted by atomic mass is 32.2. The second-order valence-electron chi connectivity index (χ2n) is 3.83. The quantitative estimate of drug-likeness (QED) is 0.645. The van der Waals surface area contributed by atoms with Crippen LogP contribution in [-0.4, -0.2) is 6.47 Å². The molecule has 0 amide bonds. The van der Waals surface area contributed by atoms with Crippen molar-refractivity contribution in [3.05, 3.63) is 53.6 Å². The van der Waals surface area contributed by atoms with Crippen LogP contribution in [0.15, 0.2) is 52.3 Å². The third-order valence-corrected chi connectivity index (χ3v) is 4.05. The summed E-state index contributed by atoms with van der Waals surface area (Å²) in [6.45, 7) is 0.487. The van der Waals surface area contributed by atoms with Crippen molar-refractivity contribution in [1.82, 2.24) is 0 Å². The predicted molar refractivity (Wildman–Crippen MR) is 66.5 cm³/mol. The van der Waals surface area contributed by atoms with Gasteiger partial charge < -0.3 is 4.74 Å². The van der Waals surface area contributed by atoms with Crippen LogP contribution in [0.5, 0.6) is 5.75 Å². The van der Waals surface area contributed by atoms with Gasteiger partial charge in [0, 0.05) is 21.8 Å². The van der Waals surface area contributed by atoms with Crippen molar-refractivity contribution in [3.63, 3.8) is 0 Å². The molecule has 0 N–H and O–H groups in total. The molecular weight excluding hydrogens is 232 g/mol. The Labute approximate surface area is 104 Å². The summed E-state index contributed by atoms with van der Waals surface area (Å²) in [4.78, 5) is 12.9. The number of ether oxygens (including phenoxy) is 1. The van der Waals surface area contributed by atoms with Crippen LogP contribution in [0.1, 0.15) is 11.1 Å². The molecule has 2 aromatic carbocycles. The maximum absolute atomic E-state index is 10.5. The normalized spacial score (nSPS) is 12.5. The van der Waals surface area contributed by atoms with E-state index >= 15 is 0 Å². The first kappa shape index (κ1) is 10.4. The van der Waals surface area contributed by atoms with E-state index in [1.54, 1.807) is 11.8 Å². The van der Waals surface area contributed by atoms with Crippen LogP contribution in [0.3, 0.4) is 0 Å². The Hall–Kier alpha value is -1.74. The molecule has 0 atom stereocenters. The highest BCUT2D eigenvalue weighted by Gasteiger charge is 2.18. The van der Waals surface area contributed by atoms with Crippen molar-refractivity contribution < 1.29 is 9.53 Å². The standard InChI is InChI=1S/C14H10O2S/c15-9-16-12-5-3-7-14-11(12)8-10-4-1-2-6-13(10)17-14/h1-7,9H,8H2. The Bertz CT molecular complexity index is 578. The van der Waals surface area contributed by atoms with E-state index in [1.165, 1.54) is 15.4 Å². The van der Waals surface area contributed by atoms with E-state index in [0.717, 1.165) is 12.0 Å². The number of hydrogen-bond acceptors (Lipinski definition) is 3. The molecule has 0 unspecified atom stereocenters. The lowest BCUT2D eigenvalue weighted by Gasteiger charge is -2.20. The fourth-order valence-corrected chi connectivity index (χ4v) is 3.13. The van der Waals surface area contributed by atoms with Crippen LogP contribution in [-0.2, 0) is 11.2 Å². The van der Waals surface area contributed by atoms with Crippen LogP contribution in [0.25, 0.3) is 0 Å². The van der Waals surface area contributed by atoms with Crippen LogP contribution in [0.2, 0.25) is 0 Å². The zero-order valence-corrected chi connectivity index (χ0v) is 9.87. The first-order valence-corrected chi connectivity index (χ1v) is 6.18. The van der Waals surface area contributed by atoms with Crippen molar-refractivity contribution >= 4 is 18.2 Å². The number of carbonyl (C=O) groups is 1. The summed E-state index contributed by atoms with van der Waals surface area (Å²) in [5, 5.41) is 0. The Balaban J connectivity index is 2.08. The van der Waals surface area contributed by atoms with E-state index in [1.807, 2.05) is 24.3 Å². The predicted octanol–water partition coefficient (Wildman–Crippen LogP) is 3.28. The van der Waals surface area contributed by atoms with E-state index in [0.29, 0.717) is 12.2 Å². The van der Waals surface area contributed by atoms with Crippen LogP contribution in [0.4, 0.5) is 0 Å². The Morgan fingerprint density at radius 3 is 2.76 bits per heavy atom. The average molecular weight is 242 g/mol. The number of fused-ring (bicyclic) bond motifs is 2. The third-order valence-electron chi connectivity index (χ3n) is 2.82. The van der Waals surface area contributed by atoms with Gasteiger partial charge in [0.15, 0.2) is 0 Å². The molecule has 0 aromatic heterocycles. The molecule has 0 bridgehead atoms. The monoisotopic (exact) mass is 242 g/mol. The lowest BCUT2D eigenvalue weighted by molar-refractivity contribution is -0.120. The van der Waals surface area contributed by atoms with Gasteiger partial charge in [0.1, 0.15) is 5.75 Å². The van der Waals surface area contributed by atoms with Gasteiger partial charge in [-0.3, -0.25) is 4.79 Å².